The van der Waals surface area contributed by atoms with Gasteiger partial charge in [-0.1, -0.05) is 15.9 Å². The van der Waals surface area contributed by atoms with Crippen LogP contribution in [0.15, 0.2) is 28.9 Å². The number of anilines is 2. The third-order valence-corrected chi connectivity index (χ3v) is 4.53. The van der Waals surface area contributed by atoms with Gasteiger partial charge in [0.25, 0.3) is 0 Å². The lowest BCUT2D eigenvalue weighted by Crippen LogP contribution is -2.35. The van der Waals surface area contributed by atoms with E-state index in [4.69, 9.17) is 4.74 Å². The van der Waals surface area contributed by atoms with Crippen LogP contribution in [-0.2, 0) is 11.3 Å². The number of fused-ring (bicyclic) bond motifs is 3. The molecule has 0 unspecified atom stereocenters. The predicted molar refractivity (Wildman–Crippen MR) is 87.4 cm³/mol. The Bertz CT molecular complexity index is 779. The summed E-state index contributed by atoms with van der Waals surface area (Å²) in [4.78, 5) is 17.8. The van der Waals surface area contributed by atoms with Crippen LogP contribution in [0, 0.1) is 0 Å². The number of ether oxygens (including phenoxy) is 1. The molecule has 1 saturated heterocycles. The van der Waals surface area contributed by atoms with Gasteiger partial charge >= 0.3 is 6.09 Å². The van der Waals surface area contributed by atoms with Crippen LogP contribution in [0.2, 0.25) is 0 Å². The van der Waals surface area contributed by atoms with Crippen LogP contribution in [0.1, 0.15) is 0 Å². The van der Waals surface area contributed by atoms with Crippen molar-refractivity contribution in [1.29, 1.82) is 0 Å². The fraction of sp³-hybridized carbons (Fsp3) is 0.333. The van der Waals surface area contributed by atoms with Crippen LogP contribution in [0.5, 0.6) is 0 Å². The first kappa shape index (κ1) is 14.5. The van der Waals surface area contributed by atoms with Gasteiger partial charge in [0.2, 0.25) is 0 Å². The van der Waals surface area contributed by atoms with Crippen molar-refractivity contribution in [3.8, 4) is 11.4 Å². The second kappa shape index (κ2) is 5.52. The first-order valence-electron chi connectivity index (χ1n) is 7.30. The number of carbonyl (C=O) groups excluding carboxylic acids is 1. The number of benzene rings is 1. The second-order valence-electron chi connectivity index (χ2n) is 5.49. The summed E-state index contributed by atoms with van der Waals surface area (Å²) in [5.74, 6) is 1.19. The molecular formula is C15H14BrFN4O2. The minimum absolute atomic E-state index is 0.0582. The maximum atomic E-state index is 13.1. The fourth-order valence-corrected chi connectivity index (χ4v) is 3.29. The number of hydrogen-bond donors (Lipinski definition) is 1. The molecule has 4 rings (SSSR count). The van der Waals surface area contributed by atoms with Crippen LogP contribution >= 0.6 is 15.9 Å². The first-order chi connectivity index (χ1) is 11.2. The van der Waals surface area contributed by atoms with Crippen LogP contribution < -0.4 is 10.2 Å². The molecule has 23 heavy (non-hydrogen) atoms. The topological polar surface area (TPSA) is 59.4 Å². The molecule has 0 aliphatic carbocycles. The van der Waals surface area contributed by atoms with E-state index in [9.17, 15) is 9.18 Å². The number of alkyl halides is 1. The zero-order valence-corrected chi connectivity index (χ0v) is 13.7. The lowest BCUT2D eigenvalue weighted by atomic mass is 10.1. The summed E-state index contributed by atoms with van der Waals surface area (Å²) < 4.78 is 21.0. The van der Waals surface area contributed by atoms with Crippen LogP contribution in [-0.4, -0.2) is 41.5 Å². The van der Waals surface area contributed by atoms with E-state index in [1.807, 2.05) is 22.8 Å². The lowest BCUT2D eigenvalue weighted by Gasteiger charge is -2.15. The molecule has 2 aliphatic rings. The number of nitrogens with one attached hydrogen (secondary N) is 1. The van der Waals surface area contributed by atoms with Gasteiger partial charge in [0.05, 0.1) is 0 Å². The molecule has 8 heteroatoms. The largest absolute Gasteiger partial charge is 0.447 e. The first-order valence-corrected chi connectivity index (χ1v) is 8.09. The van der Waals surface area contributed by atoms with Crippen molar-refractivity contribution in [2.24, 2.45) is 0 Å². The van der Waals surface area contributed by atoms with Gasteiger partial charge in [0.1, 0.15) is 25.1 Å². The molecule has 3 heterocycles. The molecule has 1 fully saturated rings. The van der Waals surface area contributed by atoms with Crippen molar-refractivity contribution in [3.05, 3.63) is 28.9 Å². The second-order valence-corrected chi connectivity index (χ2v) is 6.40. The molecule has 1 aromatic heterocycles. The molecule has 2 aromatic rings. The molecule has 2 aliphatic heterocycles. The number of carbonyl (C=O) groups is 1. The van der Waals surface area contributed by atoms with E-state index in [-0.39, 0.29) is 6.61 Å². The average Bonchev–Trinajstić information content (AvgIpc) is 3.06. The number of hydrogen-bond acceptors (Lipinski definition) is 4. The third-order valence-electron chi connectivity index (χ3n) is 4.04. The summed E-state index contributed by atoms with van der Waals surface area (Å²) in [6.45, 7) is 0.850. The number of nitrogens with zero attached hydrogens (tertiary/aromatic N) is 3. The highest BCUT2D eigenvalue weighted by Crippen LogP contribution is 2.34. The Morgan fingerprint density at radius 2 is 2.35 bits per heavy atom. The molecular weight excluding hydrogens is 367 g/mol. The van der Waals surface area contributed by atoms with Gasteiger partial charge in [0.15, 0.2) is 5.82 Å². The zero-order chi connectivity index (χ0) is 16.0. The van der Waals surface area contributed by atoms with Gasteiger partial charge in [-0.25, -0.2) is 14.2 Å². The zero-order valence-electron chi connectivity index (χ0n) is 12.1. The highest BCUT2D eigenvalue weighted by molar-refractivity contribution is 9.10. The van der Waals surface area contributed by atoms with Gasteiger partial charge in [-0.2, -0.15) is 0 Å². The Hall–Kier alpha value is -2.09. The van der Waals surface area contributed by atoms with Crippen LogP contribution in [0.4, 0.5) is 20.7 Å². The Labute approximate surface area is 140 Å². The van der Waals surface area contributed by atoms with E-state index in [1.54, 1.807) is 6.20 Å². The predicted octanol–water partition coefficient (Wildman–Crippen LogP) is 3.03. The molecule has 0 spiro atoms. The van der Waals surface area contributed by atoms with Gasteiger partial charge < -0.3 is 14.6 Å². The quantitative estimate of drug-likeness (QED) is 0.869. The Morgan fingerprint density at radius 1 is 1.48 bits per heavy atom. The Morgan fingerprint density at radius 3 is 3.17 bits per heavy atom. The molecule has 1 aromatic carbocycles. The summed E-state index contributed by atoms with van der Waals surface area (Å²) in [6.07, 6.45) is 1.23. The Kier molecular flexibility index (Phi) is 3.48. The molecule has 1 N–H and O–H groups in total. The molecule has 1 atom stereocenters. The smallest absolute Gasteiger partial charge is 0.416 e. The van der Waals surface area contributed by atoms with E-state index in [0.29, 0.717) is 12.4 Å². The van der Waals surface area contributed by atoms with Crippen molar-refractivity contribution in [1.82, 2.24) is 9.55 Å². The number of rotatable bonds is 2. The number of halogens is 2. The summed E-state index contributed by atoms with van der Waals surface area (Å²) in [5, 5.41) is 3.36. The molecule has 0 radical (unpaired) electrons. The minimum Gasteiger partial charge on any atom is -0.447 e. The van der Waals surface area contributed by atoms with Crippen molar-refractivity contribution in [2.45, 2.75) is 12.6 Å². The standard InChI is InChI=1S/C15H14BrFN4O2/c16-9-1-2-11-12(5-9)18-3-4-20-7-13(19-14(11)20)21-10(6-17)8-23-15(21)22/h1-2,5,7,10,18H,3-4,6,8H2/t10-/m1/s1. The molecule has 0 bridgehead atoms. The summed E-state index contributed by atoms with van der Waals surface area (Å²) >= 11 is 3.46. The van der Waals surface area contributed by atoms with E-state index in [2.05, 4.69) is 26.2 Å². The van der Waals surface area contributed by atoms with E-state index in [1.165, 1.54) is 4.90 Å². The molecule has 6 nitrogen and oxygen atoms in total. The monoisotopic (exact) mass is 380 g/mol. The maximum absolute atomic E-state index is 13.1. The van der Waals surface area contributed by atoms with E-state index < -0.39 is 18.8 Å². The number of amides is 1. The van der Waals surface area contributed by atoms with Gasteiger partial charge in [-0.15, -0.1) is 0 Å². The highest BCUT2D eigenvalue weighted by atomic mass is 79.9. The average molecular weight is 381 g/mol. The van der Waals surface area contributed by atoms with Crippen molar-refractivity contribution >= 4 is 33.5 Å². The highest BCUT2D eigenvalue weighted by Gasteiger charge is 2.36. The van der Waals surface area contributed by atoms with Crippen molar-refractivity contribution < 1.29 is 13.9 Å². The summed E-state index contributed by atoms with van der Waals surface area (Å²) in [5.41, 5.74) is 1.92. The number of aromatic nitrogens is 2. The summed E-state index contributed by atoms with van der Waals surface area (Å²) in [7, 11) is 0. The van der Waals surface area contributed by atoms with Crippen molar-refractivity contribution in [3.63, 3.8) is 0 Å². The van der Waals surface area contributed by atoms with Crippen LogP contribution in [0.3, 0.4) is 0 Å². The fourth-order valence-electron chi connectivity index (χ4n) is 2.93. The number of cyclic esters (lactones) is 1. The summed E-state index contributed by atoms with van der Waals surface area (Å²) in [6, 6.07) is 5.30. The molecule has 120 valence electrons. The maximum Gasteiger partial charge on any atom is 0.416 e. The van der Waals surface area contributed by atoms with Crippen LogP contribution in [0.25, 0.3) is 11.4 Å². The van der Waals surface area contributed by atoms with Gasteiger partial charge in [-0.3, -0.25) is 4.90 Å². The van der Waals surface area contributed by atoms with Gasteiger partial charge in [-0.05, 0) is 18.2 Å². The molecule has 1 amide bonds. The van der Waals surface area contributed by atoms with Crippen molar-refractivity contribution in [2.75, 3.05) is 30.0 Å². The van der Waals surface area contributed by atoms with E-state index in [0.717, 1.165) is 28.1 Å². The molecule has 0 saturated carbocycles. The van der Waals surface area contributed by atoms with E-state index >= 15 is 0 Å². The lowest BCUT2D eigenvalue weighted by molar-refractivity contribution is 0.177. The third kappa shape index (κ3) is 2.37. The Balaban J connectivity index is 1.80. The van der Waals surface area contributed by atoms with Gasteiger partial charge in [0, 0.05) is 35.0 Å². The number of imidazole rings is 1. The SMILES string of the molecule is O=C1OC[C@@H](CF)N1c1cn2c(n1)-c1ccc(Br)cc1NCC2. The minimum atomic E-state index is -0.654. The normalized spacial score (nSPS) is 19.7.